The van der Waals surface area contributed by atoms with Crippen LogP contribution in [-0.2, 0) is 16.6 Å². The van der Waals surface area contributed by atoms with Crippen molar-refractivity contribution in [1.29, 1.82) is 0 Å². The lowest BCUT2D eigenvalue weighted by Gasteiger charge is -2.31. The first-order chi connectivity index (χ1) is 14.7. The number of fused-ring (bicyclic) bond motifs is 1. The molecule has 0 unspecified atom stereocenters. The van der Waals surface area contributed by atoms with E-state index in [1.165, 1.54) is 0 Å². The van der Waals surface area contributed by atoms with Crippen molar-refractivity contribution in [2.45, 2.75) is 19.0 Å². The second-order valence-corrected chi connectivity index (χ2v) is 7.57. The number of rotatable bonds is 3. The molecule has 0 saturated carbocycles. The lowest BCUT2D eigenvalue weighted by molar-refractivity contribution is -0.186. The van der Waals surface area contributed by atoms with Crippen molar-refractivity contribution in [1.82, 2.24) is 19.4 Å². The molecular formula is C21H20F3N5O2. The summed E-state index contributed by atoms with van der Waals surface area (Å²) in [6, 6.07) is 7.64. The number of hydrogen-bond acceptors (Lipinski definition) is 4. The van der Waals surface area contributed by atoms with E-state index in [1.807, 2.05) is 29.8 Å². The van der Waals surface area contributed by atoms with Crippen LogP contribution in [0.15, 0.2) is 43.0 Å². The van der Waals surface area contributed by atoms with E-state index in [9.17, 15) is 22.8 Å². The summed E-state index contributed by atoms with van der Waals surface area (Å²) in [5.41, 5.74) is 1.92. The van der Waals surface area contributed by atoms with Gasteiger partial charge in [-0.05, 0) is 30.4 Å². The van der Waals surface area contributed by atoms with Crippen molar-refractivity contribution in [3.8, 4) is 11.3 Å². The van der Waals surface area contributed by atoms with Crippen LogP contribution in [0.4, 0.5) is 19.0 Å². The van der Waals surface area contributed by atoms with Crippen molar-refractivity contribution < 1.29 is 22.8 Å². The Morgan fingerprint density at radius 3 is 2.48 bits per heavy atom. The van der Waals surface area contributed by atoms with Crippen LogP contribution in [0.3, 0.4) is 0 Å². The zero-order valence-electron chi connectivity index (χ0n) is 16.7. The summed E-state index contributed by atoms with van der Waals surface area (Å²) in [6.45, 7) is -0.203. The van der Waals surface area contributed by atoms with Gasteiger partial charge >= 0.3 is 12.1 Å². The highest BCUT2D eigenvalue weighted by Crippen LogP contribution is 2.27. The molecule has 31 heavy (non-hydrogen) atoms. The van der Waals surface area contributed by atoms with Gasteiger partial charge in [-0.3, -0.25) is 9.59 Å². The van der Waals surface area contributed by atoms with Crippen LogP contribution in [0, 0.1) is 5.92 Å². The van der Waals surface area contributed by atoms with Gasteiger partial charge in [0.15, 0.2) is 0 Å². The minimum absolute atomic E-state index is 0.102. The van der Waals surface area contributed by atoms with E-state index in [-0.39, 0.29) is 31.8 Å². The SMILES string of the molecule is Cn1cncc1-c1ccc2cnc(NC(=O)C3CCN(C(=O)C(F)(F)F)CC3)cc2c1. The Hall–Kier alpha value is -3.43. The molecule has 2 aromatic heterocycles. The van der Waals surface area contributed by atoms with E-state index in [4.69, 9.17) is 0 Å². The second kappa shape index (κ2) is 8.01. The number of halogens is 3. The van der Waals surface area contributed by atoms with Crippen molar-refractivity contribution in [2.75, 3.05) is 18.4 Å². The molecule has 162 valence electrons. The summed E-state index contributed by atoms with van der Waals surface area (Å²) < 4.78 is 39.6. The third-order valence-electron chi connectivity index (χ3n) is 5.48. The second-order valence-electron chi connectivity index (χ2n) is 7.57. The number of nitrogens with one attached hydrogen (secondary N) is 1. The first-order valence-corrected chi connectivity index (χ1v) is 9.76. The Kier molecular flexibility index (Phi) is 5.38. The number of aryl methyl sites for hydroxylation is 1. The number of aromatic nitrogens is 3. The molecule has 0 atom stereocenters. The van der Waals surface area contributed by atoms with Crippen LogP contribution in [0.1, 0.15) is 12.8 Å². The number of nitrogens with zero attached hydrogens (tertiary/aromatic N) is 4. The van der Waals surface area contributed by atoms with E-state index in [2.05, 4.69) is 15.3 Å². The van der Waals surface area contributed by atoms with Gasteiger partial charge in [0.2, 0.25) is 5.91 Å². The van der Waals surface area contributed by atoms with Gasteiger partial charge in [0.25, 0.3) is 0 Å². The molecule has 10 heteroatoms. The van der Waals surface area contributed by atoms with Crippen molar-refractivity contribution in [2.24, 2.45) is 13.0 Å². The Morgan fingerprint density at radius 1 is 1.10 bits per heavy atom. The summed E-state index contributed by atoms with van der Waals surface area (Å²) >= 11 is 0. The number of carbonyl (C=O) groups is 2. The molecular weight excluding hydrogens is 411 g/mol. The topological polar surface area (TPSA) is 80.1 Å². The standard InChI is InChI=1S/C21H20F3N5O2/c1-28-12-25-11-17(28)14-2-3-15-10-26-18(9-16(15)8-14)27-19(30)13-4-6-29(7-5-13)20(31)21(22,23)24/h2-3,8-13H,4-7H2,1H3,(H,26,27,30). The van der Waals surface area contributed by atoms with Crippen molar-refractivity contribution in [3.63, 3.8) is 0 Å². The maximum absolute atomic E-state index is 12.6. The number of pyridine rings is 1. The summed E-state index contributed by atoms with van der Waals surface area (Å²) in [7, 11) is 1.90. The number of likely N-dealkylation sites (tertiary alicyclic amines) is 1. The van der Waals surface area contributed by atoms with Gasteiger partial charge in [-0.25, -0.2) is 9.97 Å². The number of amides is 2. The monoisotopic (exact) mass is 431 g/mol. The quantitative estimate of drug-likeness (QED) is 0.690. The first kappa shape index (κ1) is 20.8. The molecule has 1 aliphatic rings. The third-order valence-corrected chi connectivity index (χ3v) is 5.48. The molecule has 1 saturated heterocycles. The van der Waals surface area contributed by atoms with Crippen LogP contribution >= 0.6 is 0 Å². The zero-order valence-corrected chi connectivity index (χ0v) is 16.7. The van der Waals surface area contributed by atoms with Crippen LogP contribution in [0.25, 0.3) is 22.0 Å². The smallest absolute Gasteiger partial charge is 0.335 e. The molecule has 1 aromatic carbocycles. The van der Waals surface area contributed by atoms with E-state index in [0.29, 0.717) is 5.82 Å². The molecule has 4 rings (SSSR count). The number of benzene rings is 1. The molecule has 3 aromatic rings. The largest absolute Gasteiger partial charge is 0.471 e. The predicted octanol–water partition coefficient (Wildman–Crippen LogP) is 3.37. The fourth-order valence-corrected chi connectivity index (χ4v) is 3.76. The lowest BCUT2D eigenvalue weighted by Crippen LogP contribution is -2.46. The fourth-order valence-electron chi connectivity index (χ4n) is 3.76. The highest BCUT2D eigenvalue weighted by Gasteiger charge is 2.43. The first-order valence-electron chi connectivity index (χ1n) is 9.76. The highest BCUT2D eigenvalue weighted by molar-refractivity contribution is 5.95. The third kappa shape index (κ3) is 4.37. The average Bonchev–Trinajstić information content (AvgIpc) is 3.18. The van der Waals surface area contributed by atoms with Gasteiger partial charge in [0, 0.05) is 43.2 Å². The lowest BCUT2D eigenvalue weighted by atomic mass is 9.96. The zero-order chi connectivity index (χ0) is 22.2. The van der Waals surface area contributed by atoms with E-state index >= 15 is 0 Å². The van der Waals surface area contributed by atoms with Crippen LogP contribution in [0.2, 0.25) is 0 Å². The van der Waals surface area contributed by atoms with E-state index in [0.717, 1.165) is 26.9 Å². The Labute approximate surface area is 175 Å². The molecule has 7 nitrogen and oxygen atoms in total. The fraction of sp³-hybridized carbons (Fsp3) is 0.333. The molecule has 0 radical (unpaired) electrons. The number of carbonyl (C=O) groups excluding carboxylic acids is 2. The minimum atomic E-state index is -4.89. The number of imidazole rings is 1. The molecule has 1 aliphatic heterocycles. The Balaban J connectivity index is 1.44. The van der Waals surface area contributed by atoms with Gasteiger partial charge < -0.3 is 14.8 Å². The predicted molar refractivity (Wildman–Crippen MR) is 108 cm³/mol. The van der Waals surface area contributed by atoms with E-state index < -0.39 is 18.0 Å². The van der Waals surface area contributed by atoms with Crippen molar-refractivity contribution >= 4 is 28.4 Å². The van der Waals surface area contributed by atoms with Gasteiger partial charge in [-0.2, -0.15) is 13.2 Å². The molecule has 1 fully saturated rings. The summed E-state index contributed by atoms with van der Waals surface area (Å²) in [6.07, 6.45) is 0.588. The summed E-state index contributed by atoms with van der Waals surface area (Å²) in [5.74, 6) is -2.27. The van der Waals surface area contributed by atoms with Crippen LogP contribution in [0.5, 0.6) is 0 Å². The Bertz CT molecular complexity index is 1130. The van der Waals surface area contributed by atoms with Gasteiger partial charge in [-0.15, -0.1) is 0 Å². The molecule has 1 N–H and O–H groups in total. The Morgan fingerprint density at radius 2 is 1.84 bits per heavy atom. The molecule has 3 heterocycles. The maximum Gasteiger partial charge on any atom is 0.471 e. The van der Waals surface area contributed by atoms with Gasteiger partial charge in [0.05, 0.1) is 18.2 Å². The number of piperidine rings is 1. The highest BCUT2D eigenvalue weighted by atomic mass is 19.4. The van der Waals surface area contributed by atoms with Gasteiger partial charge in [-0.1, -0.05) is 12.1 Å². The number of anilines is 1. The summed E-state index contributed by atoms with van der Waals surface area (Å²) in [5, 5.41) is 4.54. The van der Waals surface area contributed by atoms with E-state index in [1.54, 1.807) is 24.8 Å². The molecule has 2 amide bonds. The average molecular weight is 431 g/mol. The van der Waals surface area contributed by atoms with Gasteiger partial charge in [0.1, 0.15) is 5.82 Å². The number of hydrogen-bond donors (Lipinski definition) is 1. The number of alkyl halides is 3. The maximum atomic E-state index is 12.6. The molecule has 0 spiro atoms. The minimum Gasteiger partial charge on any atom is -0.335 e. The summed E-state index contributed by atoms with van der Waals surface area (Å²) in [4.78, 5) is 33.1. The van der Waals surface area contributed by atoms with Crippen molar-refractivity contribution in [3.05, 3.63) is 43.0 Å². The van der Waals surface area contributed by atoms with Crippen LogP contribution in [-0.4, -0.2) is 50.5 Å². The molecule has 0 bridgehead atoms. The normalized spacial score (nSPS) is 15.3. The molecule has 0 aliphatic carbocycles. The van der Waals surface area contributed by atoms with Crippen LogP contribution < -0.4 is 5.32 Å².